The highest BCUT2D eigenvalue weighted by Crippen LogP contribution is 1.60. The highest BCUT2D eigenvalue weighted by atomic mass is 16.1. The molecule has 0 saturated carbocycles. The van der Waals surface area contributed by atoms with Crippen LogP contribution in [0.4, 0.5) is 0 Å². The van der Waals surface area contributed by atoms with Crippen LogP contribution in [0.15, 0.2) is 12.7 Å². The number of rotatable bonds is 1. The molecule has 0 aliphatic rings. The quantitative estimate of drug-likeness (QED) is 0.376. The number of carbonyl (C=O) groups excluding carboxylic acids is 2. The van der Waals surface area contributed by atoms with Crippen LogP contribution in [-0.2, 0) is 9.59 Å². The molecule has 46 valence electrons. The van der Waals surface area contributed by atoms with Gasteiger partial charge < -0.3 is 4.79 Å². The molecule has 0 saturated heterocycles. The Morgan fingerprint density at radius 2 is 1.75 bits per heavy atom. The minimum Gasteiger partial charge on any atom is -0.304 e. The standard InChI is InChI=1S/C4H6O.C2H4O/c1-3-4(2)5;1-2-3/h3H,1H2,2H3;2H,1H3. The second-order valence-corrected chi connectivity index (χ2v) is 1.05. The SMILES string of the molecule is C=CC(C)=O.CC=O. The van der Waals surface area contributed by atoms with Crippen molar-refractivity contribution < 1.29 is 9.59 Å². The normalized spacial score (nSPS) is 5.75. The van der Waals surface area contributed by atoms with Crippen LogP contribution in [0.2, 0.25) is 0 Å². The van der Waals surface area contributed by atoms with E-state index in [1.807, 2.05) is 0 Å². The van der Waals surface area contributed by atoms with Gasteiger partial charge in [0.05, 0.1) is 0 Å². The van der Waals surface area contributed by atoms with Crippen molar-refractivity contribution in [3.63, 3.8) is 0 Å². The Balaban J connectivity index is 0. The van der Waals surface area contributed by atoms with Crippen molar-refractivity contribution >= 4 is 12.1 Å². The van der Waals surface area contributed by atoms with E-state index in [1.54, 1.807) is 0 Å². The first kappa shape index (κ1) is 10.1. The maximum atomic E-state index is 9.69. The van der Waals surface area contributed by atoms with Crippen LogP contribution >= 0.6 is 0 Å². The lowest BCUT2D eigenvalue weighted by Gasteiger charge is -1.62. The van der Waals surface area contributed by atoms with Crippen molar-refractivity contribution in [1.29, 1.82) is 0 Å². The van der Waals surface area contributed by atoms with Crippen LogP contribution in [0.5, 0.6) is 0 Å². The van der Waals surface area contributed by atoms with Crippen molar-refractivity contribution in [2.45, 2.75) is 13.8 Å². The van der Waals surface area contributed by atoms with Crippen LogP contribution in [0.3, 0.4) is 0 Å². The van der Waals surface area contributed by atoms with E-state index in [2.05, 4.69) is 6.58 Å². The Kier molecular flexibility index (Phi) is 11.9. The topological polar surface area (TPSA) is 34.1 Å². The molecule has 0 spiro atoms. The molecular weight excluding hydrogens is 104 g/mol. The average molecular weight is 114 g/mol. The second kappa shape index (κ2) is 9.43. The number of hydrogen-bond donors (Lipinski definition) is 0. The molecule has 0 aromatic carbocycles. The van der Waals surface area contributed by atoms with Gasteiger partial charge in [-0.15, -0.1) is 0 Å². The molecule has 0 bridgehead atoms. The van der Waals surface area contributed by atoms with Gasteiger partial charge in [-0.25, -0.2) is 0 Å². The molecule has 0 amide bonds. The number of ketones is 1. The summed E-state index contributed by atoms with van der Waals surface area (Å²) >= 11 is 0. The molecule has 0 heterocycles. The number of hydrogen-bond acceptors (Lipinski definition) is 2. The lowest BCUT2D eigenvalue weighted by molar-refractivity contribution is -0.112. The van der Waals surface area contributed by atoms with Gasteiger partial charge in [0.15, 0.2) is 5.78 Å². The third-order valence-corrected chi connectivity index (χ3v) is 0.287. The Labute approximate surface area is 49.2 Å². The summed E-state index contributed by atoms with van der Waals surface area (Å²) < 4.78 is 0. The first-order valence-electron chi connectivity index (χ1n) is 2.21. The lowest BCUT2D eigenvalue weighted by Crippen LogP contribution is -1.74. The van der Waals surface area contributed by atoms with E-state index in [0.29, 0.717) is 0 Å². The van der Waals surface area contributed by atoms with Crippen LogP contribution in [0.1, 0.15) is 13.8 Å². The number of aldehydes is 1. The summed E-state index contributed by atoms with van der Waals surface area (Å²) in [6, 6.07) is 0. The highest BCUT2D eigenvalue weighted by Gasteiger charge is 1.69. The first-order valence-corrected chi connectivity index (χ1v) is 2.21. The monoisotopic (exact) mass is 114 g/mol. The molecule has 8 heavy (non-hydrogen) atoms. The molecule has 0 unspecified atom stereocenters. The van der Waals surface area contributed by atoms with E-state index in [4.69, 9.17) is 4.79 Å². The third kappa shape index (κ3) is 72.5. The molecule has 0 rings (SSSR count). The summed E-state index contributed by atoms with van der Waals surface area (Å²) in [6.07, 6.45) is 2.03. The van der Waals surface area contributed by atoms with Gasteiger partial charge in [0.2, 0.25) is 0 Å². The van der Waals surface area contributed by atoms with E-state index < -0.39 is 0 Å². The summed E-state index contributed by atoms with van der Waals surface area (Å²) in [4.78, 5) is 18.5. The first-order chi connectivity index (χ1) is 3.68. The number of carbonyl (C=O) groups is 2. The zero-order valence-electron chi connectivity index (χ0n) is 5.18. The second-order valence-electron chi connectivity index (χ2n) is 1.05. The van der Waals surface area contributed by atoms with Crippen LogP contribution in [-0.4, -0.2) is 12.1 Å². The maximum Gasteiger partial charge on any atom is 0.152 e. The Morgan fingerprint density at radius 1 is 1.62 bits per heavy atom. The molecule has 2 nitrogen and oxygen atoms in total. The van der Waals surface area contributed by atoms with E-state index in [1.165, 1.54) is 19.9 Å². The third-order valence-electron chi connectivity index (χ3n) is 0.287. The molecule has 0 atom stereocenters. The Hall–Kier alpha value is -0.920. The van der Waals surface area contributed by atoms with E-state index in [0.717, 1.165) is 6.29 Å². The lowest BCUT2D eigenvalue weighted by atomic mass is 10.5. The van der Waals surface area contributed by atoms with E-state index >= 15 is 0 Å². The van der Waals surface area contributed by atoms with Crippen LogP contribution < -0.4 is 0 Å². The van der Waals surface area contributed by atoms with Gasteiger partial charge in [-0.2, -0.15) is 0 Å². The predicted molar refractivity (Wildman–Crippen MR) is 32.6 cm³/mol. The Bertz CT molecular complexity index is 84.5. The summed E-state index contributed by atoms with van der Waals surface area (Å²) in [6.45, 7) is 6.12. The molecule has 0 fully saturated rings. The van der Waals surface area contributed by atoms with Crippen LogP contribution in [0.25, 0.3) is 0 Å². The van der Waals surface area contributed by atoms with Gasteiger partial charge >= 0.3 is 0 Å². The zero-order valence-corrected chi connectivity index (χ0v) is 5.18. The van der Waals surface area contributed by atoms with Gasteiger partial charge in [0.1, 0.15) is 6.29 Å². The fourth-order valence-corrected chi connectivity index (χ4v) is 0. The predicted octanol–water partition coefficient (Wildman–Crippen LogP) is 0.967. The molecule has 0 aliphatic heterocycles. The van der Waals surface area contributed by atoms with Gasteiger partial charge in [-0.05, 0) is 19.9 Å². The van der Waals surface area contributed by atoms with Crippen molar-refractivity contribution in [1.82, 2.24) is 0 Å². The smallest absolute Gasteiger partial charge is 0.152 e. The summed E-state index contributed by atoms with van der Waals surface area (Å²) in [7, 11) is 0. The highest BCUT2D eigenvalue weighted by molar-refractivity contribution is 5.86. The molecule has 0 aliphatic carbocycles. The van der Waals surface area contributed by atoms with Crippen molar-refractivity contribution in [3.05, 3.63) is 12.7 Å². The fourth-order valence-electron chi connectivity index (χ4n) is 0. The molecule has 0 aromatic rings. The van der Waals surface area contributed by atoms with Crippen molar-refractivity contribution in [3.8, 4) is 0 Å². The average Bonchev–Trinajstić information content (AvgIpc) is 1.69. The minimum absolute atomic E-state index is 0.0185. The molecule has 0 N–H and O–H groups in total. The largest absolute Gasteiger partial charge is 0.304 e. The van der Waals surface area contributed by atoms with E-state index in [-0.39, 0.29) is 5.78 Å². The molecule has 0 aromatic heterocycles. The summed E-state index contributed by atoms with van der Waals surface area (Å²) in [5.41, 5.74) is 0. The molecule has 0 radical (unpaired) electrons. The molecular formula is C6H10O2. The molecule has 2 heteroatoms. The van der Waals surface area contributed by atoms with Gasteiger partial charge in [-0.3, -0.25) is 4.79 Å². The fraction of sp³-hybridized carbons (Fsp3) is 0.333. The number of allylic oxidation sites excluding steroid dienone is 1. The van der Waals surface area contributed by atoms with Gasteiger partial charge in [-0.1, -0.05) is 6.58 Å². The zero-order chi connectivity index (χ0) is 6.99. The minimum atomic E-state index is 0.0185. The van der Waals surface area contributed by atoms with E-state index in [9.17, 15) is 4.79 Å². The van der Waals surface area contributed by atoms with Gasteiger partial charge in [0.25, 0.3) is 0 Å². The summed E-state index contributed by atoms with van der Waals surface area (Å²) in [5, 5.41) is 0. The van der Waals surface area contributed by atoms with Gasteiger partial charge in [0, 0.05) is 0 Å². The Morgan fingerprint density at radius 3 is 1.75 bits per heavy atom. The van der Waals surface area contributed by atoms with Crippen LogP contribution in [0, 0.1) is 0 Å². The van der Waals surface area contributed by atoms with Crippen molar-refractivity contribution in [2.24, 2.45) is 0 Å². The van der Waals surface area contributed by atoms with Crippen molar-refractivity contribution in [2.75, 3.05) is 0 Å². The maximum absolute atomic E-state index is 9.69. The summed E-state index contributed by atoms with van der Waals surface area (Å²) in [5.74, 6) is 0.0185.